The van der Waals surface area contributed by atoms with Gasteiger partial charge in [0.05, 0.1) is 5.57 Å². The predicted molar refractivity (Wildman–Crippen MR) is 81.0 cm³/mol. The van der Waals surface area contributed by atoms with Crippen LogP contribution in [0.15, 0.2) is 29.8 Å². The number of likely N-dealkylation sites (tertiary alicyclic amines) is 1. The van der Waals surface area contributed by atoms with Gasteiger partial charge in [0.25, 0.3) is 5.91 Å². The van der Waals surface area contributed by atoms with E-state index in [1.807, 2.05) is 35.2 Å². The summed E-state index contributed by atoms with van der Waals surface area (Å²) in [4.78, 5) is 14.4. The van der Waals surface area contributed by atoms with Gasteiger partial charge >= 0.3 is 0 Å². The van der Waals surface area contributed by atoms with Crippen LogP contribution in [0.4, 0.5) is 0 Å². The highest BCUT2D eigenvalue weighted by molar-refractivity contribution is 5.99. The molecule has 5 heteroatoms. The fourth-order valence-corrected chi connectivity index (χ4v) is 2.77. The molecule has 0 aliphatic carbocycles. The Morgan fingerprint density at radius 2 is 2.20 bits per heavy atom. The molecule has 1 atom stereocenters. The van der Waals surface area contributed by atoms with Gasteiger partial charge in [0.15, 0.2) is 0 Å². The van der Waals surface area contributed by atoms with Gasteiger partial charge in [-0.25, -0.2) is 0 Å². The minimum atomic E-state index is 0. The lowest BCUT2D eigenvalue weighted by Gasteiger charge is -2.26. The molecule has 2 heterocycles. The third-order valence-electron chi connectivity index (χ3n) is 3.82. The molecule has 0 bridgehead atoms. The summed E-state index contributed by atoms with van der Waals surface area (Å²) in [6.45, 7) is 1.69. The van der Waals surface area contributed by atoms with Crippen molar-refractivity contribution >= 4 is 24.4 Å². The molecule has 1 aromatic carbocycles. The molecule has 0 saturated carbocycles. The zero-order chi connectivity index (χ0) is 13.2. The van der Waals surface area contributed by atoms with Crippen LogP contribution >= 0.6 is 12.4 Å². The van der Waals surface area contributed by atoms with Gasteiger partial charge in [0.2, 0.25) is 0 Å². The number of nitrogens with two attached hydrogens (primary N) is 1. The molecule has 0 spiro atoms. The molecule has 0 aromatic heterocycles. The van der Waals surface area contributed by atoms with Crippen LogP contribution in [-0.4, -0.2) is 36.5 Å². The van der Waals surface area contributed by atoms with Crippen molar-refractivity contribution in [3.8, 4) is 5.75 Å². The molecule has 0 radical (unpaired) electrons. The van der Waals surface area contributed by atoms with Gasteiger partial charge in [-0.15, -0.1) is 12.4 Å². The molecule has 4 nitrogen and oxygen atoms in total. The highest BCUT2D eigenvalue weighted by Crippen LogP contribution is 2.28. The number of ether oxygens (including phenoxy) is 1. The molecular formula is C15H19ClN2O2. The first-order valence-electron chi connectivity index (χ1n) is 6.73. The van der Waals surface area contributed by atoms with E-state index in [1.165, 1.54) is 0 Å². The van der Waals surface area contributed by atoms with Gasteiger partial charge in [0, 0.05) is 24.7 Å². The molecule has 20 heavy (non-hydrogen) atoms. The van der Waals surface area contributed by atoms with Gasteiger partial charge in [-0.2, -0.15) is 0 Å². The Labute approximate surface area is 125 Å². The quantitative estimate of drug-likeness (QED) is 0.905. The van der Waals surface area contributed by atoms with Crippen LogP contribution in [0.3, 0.4) is 0 Å². The molecular weight excluding hydrogens is 276 g/mol. The van der Waals surface area contributed by atoms with Gasteiger partial charge < -0.3 is 15.4 Å². The lowest BCUT2D eigenvalue weighted by atomic mass is 10.1. The summed E-state index contributed by atoms with van der Waals surface area (Å²) >= 11 is 0. The van der Waals surface area contributed by atoms with E-state index in [4.69, 9.17) is 10.5 Å². The van der Waals surface area contributed by atoms with Crippen LogP contribution in [0.25, 0.3) is 6.08 Å². The first-order valence-corrected chi connectivity index (χ1v) is 6.73. The first kappa shape index (κ1) is 14.9. The summed E-state index contributed by atoms with van der Waals surface area (Å²) in [5.41, 5.74) is 7.42. The minimum absolute atomic E-state index is 0. The van der Waals surface area contributed by atoms with Crippen molar-refractivity contribution in [2.75, 3.05) is 19.7 Å². The number of nitrogens with zero attached hydrogens (tertiary/aromatic N) is 1. The van der Waals surface area contributed by atoms with Gasteiger partial charge in [-0.05, 0) is 25.0 Å². The van der Waals surface area contributed by atoms with Gasteiger partial charge in [-0.1, -0.05) is 18.2 Å². The fraction of sp³-hybridized carbons (Fsp3) is 0.400. The number of carbonyl (C=O) groups is 1. The summed E-state index contributed by atoms with van der Waals surface area (Å²) in [6, 6.07) is 7.96. The molecule has 1 unspecified atom stereocenters. The van der Waals surface area contributed by atoms with E-state index in [2.05, 4.69) is 0 Å². The highest BCUT2D eigenvalue weighted by Gasteiger charge is 2.30. The number of hydrogen-bond acceptors (Lipinski definition) is 3. The number of carbonyl (C=O) groups excluding carboxylic acids is 1. The predicted octanol–water partition coefficient (Wildman–Crippen LogP) is 1.83. The topological polar surface area (TPSA) is 55.6 Å². The largest absolute Gasteiger partial charge is 0.488 e. The van der Waals surface area contributed by atoms with Crippen molar-refractivity contribution < 1.29 is 9.53 Å². The Balaban J connectivity index is 0.00000147. The number of hydrogen-bond donors (Lipinski definition) is 1. The minimum Gasteiger partial charge on any atom is -0.488 e. The Bertz CT molecular complexity index is 530. The third kappa shape index (κ3) is 2.67. The second-order valence-corrected chi connectivity index (χ2v) is 5.03. The monoisotopic (exact) mass is 294 g/mol. The van der Waals surface area contributed by atoms with Crippen molar-refractivity contribution in [2.24, 2.45) is 5.73 Å². The molecule has 2 N–H and O–H groups in total. The summed E-state index contributed by atoms with van der Waals surface area (Å²) in [6.07, 6.45) is 3.98. The van der Waals surface area contributed by atoms with Crippen molar-refractivity contribution in [2.45, 2.75) is 18.9 Å². The Kier molecular flexibility index (Phi) is 4.68. The maximum Gasteiger partial charge on any atom is 0.253 e. The summed E-state index contributed by atoms with van der Waals surface area (Å²) in [7, 11) is 0. The fourth-order valence-electron chi connectivity index (χ4n) is 2.77. The molecule has 1 saturated heterocycles. The molecule has 1 fully saturated rings. The van der Waals surface area contributed by atoms with Crippen LogP contribution in [0.2, 0.25) is 0 Å². The van der Waals surface area contributed by atoms with E-state index in [1.54, 1.807) is 0 Å². The molecule has 2 aliphatic rings. The van der Waals surface area contributed by atoms with Crippen LogP contribution in [-0.2, 0) is 4.79 Å². The Morgan fingerprint density at radius 3 is 3.00 bits per heavy atom. The van der Waals surface area contributed by atoms with E-state index in [9.17, 15) is 4.79 Å². The van der Waals surface area contributed by atoms with Crippen LogP contribution in [0.5, 0.6) is 5.75 Å². The van der Waals surface area contributed by atoms with Crippen molar-refractivity contribution in [1.29, 1.82) is 0 Å². The number of rotatable bonds is 2. The van der Waals surface area contributed by atoms with Crippen molar-refractivity contribution in [1.82, 2.24) is 4.90 Å². The smallest absolute Gasteiger partial charge is 0.253 e. The lowest BCUT2D eigenvalue weighted by molar-refractivity contribution is -0.128. The molecule has 2 aliphatic heterocycles. The maximum absolute atomic E-state index is 12.5. The molecule has 1 amide bonds. The van der Waals surface area contributed by atoms with Crippen LogP contribution in [0, 0.1) is 0 Å². The number of para-hydroxylation sites is 1. The third-order valence-corrected chi connectivity index (χ3v) is 3.82. The molecule has 3 rings (SSSR count). The Hall–Kier alpha value is -1.52. The summed E-state index contributed by atoms with van der Waals surface area (Å²) in [5.74, 6) is 0.915. The van der Waals surface area contributed by atoms with E-state index in [0.29, 0.717) is 13.2 Å². The van der Waals surface area contributed by atoms with Gasteiger partial charge in [0.1, 0.15) is 12.4 Å². The average molecular weight is 295 g/mol. The lowest BCUT2D eigenvalue weighted by Crippen LogP contribution is -2.41. The average Bonchev–Trinajstić information content (AvgIpc) is 2.94. The number of benzene rings is 1. The van der Waals surface area contributed by atoms with Crippen molar-refractivity contribution in [3.63, 3.8) is 0 Å². The summed E-state index contributed by atoms with van der Waals surface area (Å²) in [5, 5.41) is 0. The van der Waals surface area contributed by atoms with Crippen LogP contribution in [0.1, 0.15) is 18.4 Å². The highest BCUT2D eigenvalue weighted by atomic mass is 35.5. The van der Waals surface area contributed by atoms with E-state index in [-0.39, 0.29) is 24.4 Å². The second kappa shape index (κ2) is 6.29. The second-order valence-electron chi connectivity index (χ2n) is 5.03. The first-order chi connectivity index (χ1) is 9.29. The SMILES string of the molecule is Cl.NCC1CCCN1C(=O)C1=Cc2ccccc2OC1. The number of fused-ring (bicyclic) bond motifs is 1. The van der Waals surface area contributed by atoms with Crippen molar-refractivity contribution in [3.05, 3.63) is 35.4 Å². The number of halogens is 1. The van der Waals surface area contributed by atoms with Gasteiger partial charge in [-0.3, -0.25) is 4.79 Å². The zero-order valence-electron chi connectivity index (χ0n) is 11.2. The standard InChI is InChI=1S/C15H18N2O2.ClH/c16-9-13-5-3-7-17(13)15(18)12-8-11-4-1-2-6-14(11)19-10-12;/h1-2,4,6,8,13H,3,5,7,9-10,16H2;1H. The number of amides is 1. The Morgan fingerprint density at radius 1 is 1.40 bits per heavy atom. The van der Waals surface area contributed by atoms with E-state index >= 15 is 0 Å². The van der Waals surface area contributed by atoms with Crippen LogP contribution < -0.4 is 10.5 Å². The zero-order valence-corrected chi connectivity index (χ0v) is 12.1. The maximum atomic E-state index is 12.5. The summed E-state index contributed by atoms with van der Waals surface area (Å²) < 4.78 is 5.64. The molecule has 1 aromatic rings. The van der Waals surface area contributed by atoms with E-state index in [0.717, 1.165) is 36.3 Å². The van der Waals surface area contributed by atoms with E-state index < -0.39 is 0 Å². The molecule has 108 valence electrons. The normalized spacial score (nSPS) is 20.6.